The van der Waals surface area contributed by atoms with E-state index in [1.54, 1.807) is 7.11 Å². The van der Waals surface area contributed by atoms with Crippen LogP contribution < -0.4 is 10.1 Å². The lowest BCUT2D eigenvalue weighted by Gasteiger charge is -2.33. The van der Waals surface area contributed by atoms with Crippen molar-refractivity contribution < 1.29 is 9.13 Å². The summed E-state index contributed by atoms with van der Waals surface area (Å²) in [5.41, 5.74) is 0.743. The van der Waals surface area contributed by atoms with Crippen LogP contribution in [0.15, 0.2) is 18.2 Å². The molecule has 1 aromatic carbocycles. The molecule has 0 aromatic heterocycles. The number of nitrogens with zero attached hydrogens (tertiary/aromatic N) is 1. The van der Waals surface area contributed by atoms with Crippen LogP contribution in [0.25, 0.3) is 0 Å². The van der Waals surface area contributed by atoms with Gasteiger partial charge < -0.3 is 10.1 Å². The van der Waals surface area contributed by atoms with Gasteiger partial charge in [-0.3, -0.25) is 4.90 Å². The predicted octanol–water partition coefficient (Wildman–Crippen LogP) is 1.80. The standard InChI is InChI=1S/C13H19FN2O/c1-10(16-7-5-15-6-8-16)12-4-3-11(17-2)9-13(12)14/h3-4,9-10,15H,5-8H2,1-2H3. The van der Waals surface area contributed by atoms with E-state index in [0.29, 0.717) is 5.75 Å². The monoisotopic (exact) mass is 238 g/mol. The molecule has 1 saturated heterocycles. The van der Waals surface area contributed by atoms with Gasteiger partial charge in [0.05, 0.1) is 7.11 Å². The fourth-order valence-electron chi connectivity index (χ4n) is 2.24. The van der Waals surface area contributed by atoms with E-state index in [-0.39, 0.29) is 11.9 Å². The smallest absolute Gasteiger partial charge is 0.131 e. The summed E-state index contributed by atoms with van der Waals surface area (Å²) in [7, 11) is 1.55. The molecule has 4 heteroatoms. The van der Waals surface area contributed by atoms with Crippen molar-refractivity contribution in [3.63, 3.8) is 0 Å². The summed E-state index contributed by atoms with van der Waals surface area (Å²) in [4.78, 5) is 2.29. The number of rotatable bonds is 3. The molecule has 17 heavy (non-hydrogen) atoms. The van der Waals surface area contributed by atoms with Gasteiger partial charge in [0.15, 0.2) is 0 Å². The molecule has 0 saturated carbocycles. The lowest BCUT2D eigenvalue weighted by atomic mass is 10.1. The fraction of sp³-hybridized carbons (Fsp3) is 0.538. The van der Waals surface area contributed by atoms with Crippen LogP contribution in [-0.2, 0) is 0 Å². The molecular weight excluding hydrogens is 219 g/mol. The second-order valence-electron chi connectivity index (χ2n) is 4.35. The third-order valence-electron chi connectivity index (χ3n) is 3.36. The Morgan fingerprint density at radius 3 is 2.65 bits per heavy atom. The van der Waals surface area contributed by atoms with E-state index in [2.05, 4.69) is 17.1 Å². The number of benzene rings is 1. The Kier molecular flexibility index (Phi) is 3.97. The Morgan fingerprint density at radius 2 is 2.06 bits per heavy atom. The van der Waals surface area contributed by atoms with Crippen LogP contribution in [0.3, 0.4) is 0 Å². The maximum Gasteiger partial charge on any atom is 0.131 e. The first-order valence-corrected chi connectivity index (χ1v) is 6.00. The molecule has 0 spiro atoms. The average molecular weight is 238 g/mol. The first kappa shape index (κ1) is 12.3. The molecule has 1 atom stereocenters. The van der Waals surface area contributed by atoms with Gasteiger partial charge in [-0.2, -0.15) is 0 Å². The maximum absolute atomic E-state index is 13.9. The molecule has 3 nitrogen and oxygen atoms in total. The van der Waals surface area contributed by atoms with Crippen LogP contribution in [0.4, 0.5) is 4.39 Å². The number of ether oxygens (including phenoxy) is 1. The van der Waals surface area contributed by atoms with Crippen LogP contribution in [0.2, 0.25) is 0 Å². The van der Waals surface area contributed by atoms with Gasteiger partial charge in [0.2, 0.25) is 0 Å². The largest absolute Gasteiger partial charge is 0.497 e. The molecule has 2 rings (SSSR count). The highest BCUT2D eigenvalue weighted by atomic mass is 19.1. The molecular formula is C13H19FN2O. The predicted molar refractivity (Wildman–Crippen MR) is 65.8 cm³/mol. The zero-order valence-electron chi connectivity index (χ0n) is 10.4. The molecule has 0 radical (unpaired) electrons. The third-order valence-corrected chi connectivity index (χ3v) is 3.36. The van der Waals surface area contributed by atoms with Gasteiger partial charge in [0.25, 0.3) is 0 Å². The highest BCUT2D eigenvalue weighted by molar-refractivity contribution is 5.30. The zero-order chi connectivity index (χ0) is 12.3. The second-order valence-corrected chi connectivity index (χ2v) is 4.35. The Balaban J connectivity index is 2.15. The van der Waals surface area contributed by atoms with Crippen LogP contribution >= 0.6 is 0 Å². The molecule has 1 aliphatic rings. The Morgan fingerprint density at radius 1 is 1.35 bits per heavy atom. The number of methoxy groups -OCH3 is 1. The average Bonchev–Trinajstić information content (AvgIpc) is 2.39. The zero-order valence-corrected chi connectivity index (χ0v) is 10.4. The van der Waals surface area contributed by atoms with E-state index in [1.165, 1.54) is 6.07 Å². The van der Waals surface area contributed by atoms with Crippen molar-refractivity contribution in [2.24, 2.45) is 0 Å². The highest BCUT2D eigenvalue weighted by Crippen LogP contribution is 2.26. The van der Waals surface area contributed by atoms with Gasteiger partial charge >= 0.3 is 0 Å². The first-order valence-electron chi connectivity index (χ1n) is 6.00. The van der Waals surface area contributed by atoms with Crippen molar-refractivity contribution in [3.05, 3.63) is 29.6 Å². The van der Waals surface area contributed by atoms with Gasteiger partial charge in [-0.15, -0.1) is 0 Å². The molecule has 1 unspecified atom stereocenters. The van der Waals surface area contributed by atoms with E-state index in [4.69, 9.17) is 4.74 Å². The Bertz CT molecular complexity index is 378. The summed E-state index contributed by atoms with van der Waals surface area (Å²) >= 11 is 0. The molecule has 1 fully saturated rings. The van der Waals surface area contributed by atoms with E-state index >= 15 is 0 Å². The molecule has 1 heterocycles. The van der Waals surface area contributed by atoms with E-state index in [9.17, 15) is 4.39 Å². The normalized spacial score (nSPS) is 19.0. The van der Waals surface area contributed by atoms with E-state index < -0.39 is 0 Å². The Hall–Kier alpha value is -1.13. The summed E-state index contributed by atoms with van der Waals surface area (Å²) < 4.78 is 18.9. The van der Waals surface area contributed by atoms with Gasteiger partial charge in [-0.25, -0.2) is 4.39 Å². The summed E-state index contributed by atoms with van der Waals surface area (Å²) in [6.45, 7) is 5.93. The van der Waals surface area contributed by atoms with Gasteiger partial charge in [0, 0.05) is 43.9 Å². The quantitative estimate of drug-likeness (QED) is 0.869. The minimum absolute atomic E-state index is 0.114. The van der Waals surface area contributed by atoms with Gasteiger partial charge in [-0.05, 0) is 13.0 Å². The van der Waals surface area contributed by atoms with E-state index in [0.717, 1.165) is 31.7 Å². The van der Waals surface area contributed by atoms with E-state index in [1.807, 2.05) is 12.1 Å². The fourth-order valence-corrected chi connectivity index (χ4v) is 2.24. The first-order chi connectivity index (χ1) is 8.22. The van der Waals surface area contributed by atoms with Crippen LogP contribution in [0.5, 0.6) is 5.75 Å². The number of hydrogen-bond donors (Lipinski definition) is 1. The van der Waals surface area contributed by atoms with Crippen molar-refractivity contribution in [3.8, 4) is 5.75 Å². The lowest BCUT2D eigenvalue weighted by molar-refractivity contribution is 0.182. The molecule has 0 amide bonds. The number of nitrogens with one attached hydrogen (secondary N) is 1. The van der Waals surface area contributed by atoms with Crippen molar-refractivity contribution in [2.75, 3.05) is 33.3 Å². The molecule has 1 N–H and O–H groups in total. The van der Waals surface area contributed by atoms with Crippen LogP contribution in [-0.4, -0.2) is 38.2 Å². The number of piperazine rings is 1. The summed E-state index contributed by atoms with van der Waals surface area (Å²) in [5, 5.41) is 3.30. The number of halogens is 1. The minimum atomic E-state index is -0.185. The van der Waals surface area contributed by atoms with Crippen LogP contribution in [0.1, 0.15) is 18.5 Å². The minimum Gasteiger partial charge on any atom is -0.497 e. The highest BCUT2D eigenvalue weighted by Gasteiger charge is 2.20. The SMILES string of the molecule is COc1ccc(C(C)N2CCNCC2)c(F)c1. The molecule has 0 aliphatic carbocycles. The molecule has 94 valence electrons. The Labute approximate surface area is 102 Å². The summed E-state index contributed by atoms with van der Waals surface area (Å²) in [6.07, 6.45) is 0. The summed E-state index contributed by atoms with van der Waals surface area (Å²) in [5.74, 6) is 0.383. The van der Waals surface area contributed by atoms with Gasteiger partial charge in [-0.1, -0.05) is 6.07 Å². The van der Waals surface area contributed by atoms with Crippen molar-refractivity contribution in [1.82, 2.24) is 10.2 Å². The van der Waals surface area contributed by atoms with Gasteiger partial charge in [0.1, 0.15) is 11.6 Å². The molecule has 1 aliphatic heterocycles. The van der Waals surface area contributed by atoms with Crippen molar-refractivity contribution >= 4 is 0 Å². The van der Waals surface area contributed by atoms with Crippen molar-refractivity contribution in [1.29, 1.82) is 0 Å². The molecule has 1 aromatic rings. The van der Waals surface area contributed by atoms with Crippen LogP contribution in [0, 0.1) is 5.82 Å². The second kappa shape index (κ2) is 5.47. The summed E-state index contributed by atoms with van der Waals surface area (Å²) in [6, 6.07) is 5.20. The molecule has 0 bridgehead atoms. The third kappa shape index (κ3) is 2.76. The lowest BCUT2D eigenvalue weighted by Crippen LogP contribution is -2.44. The topological polar surface area (TPSA) is 24.5 Å². The maximum atomic E-state index is 13.9. The van der Waals surface area contributed by atoms with Crippen molar-refractivity contribution in [2.45, 2.75) is 13.0 Å². The number of hydrogen-bond acceptors (Lipinski definition) is 3.